The molecule has 0 radical (unpaired) electrons. The number of amides is 1. The largest absolute Gasteiger partial charge is 0.339 e. The van der Waals surface area contributed by atoms with Crippen molar-refractivity contribution in [2.75, 3.05) is 16.9 Å². The van der Waals surface area contributed by atoms with Gasteiger partial charge >= 0.3 is 0 Å². The first kappa shape index (κ1) is 21.5. The SMILES string of the molecule is C=C(Nc1ccc(Cl)cn1)c1ncccc1NC(=O)c1ccc(S(C)(=O)=O)cc1C. The first-order valence-electron chi connectivity index (χ1n) is 8.80. The van der Waals surface area contributed by atoms with Gasteiger partial charge in [-0.3, -0.25) is 9.78 Å². The summed E-state index contributed by atoms with van der Waals surface area (Å²) in [4.78, 5) is 21.4. The van der Waals surface area contributed by atoms with E-state index in [1.54, 1.807) is 37.4 Å². The summed E-state index contributed by atoms with van der Waals surface area (Å²) in [7, 11) is -3.35. The highest BCUT2D eigenvalue weighted by molar-refractivity contribution is 7.90. The van der Waals surface area contributed by atoms with Gasteiger partial charge in [0, 0.05) is 24.2 Å². The molecule has 1 amide bonds. The highest BCUT2D eigenvalue weighted by Gasteiger charge is 2.16. The zero-order valence-electron chi connectivity index (χ0n) is 16.3. The number of hydrogen-bond donors (Lipinski definition) is 2. The molecule has 154 valence electrons. The fraction of sp³-hybridized carbons (Fsp3) is 0.0952. The van der Waals surface area contributed by atoms with E-state index in [1.807, 2.05) is 0 Å². The van der Waals surface area contributed by atoms with Crippen LogP contribution in [0.1, 0.15) is 21.6 Å². The smallest absolute Gasteiger partial charge is 0.255 e. The first-order valence-corrected chi connectivity index (χ1v) is 11.1. The minimum absolute atomic E-state index is 0.159. The normalized spacial score (nSPS) is 11.0. The zero-order chi connectivity index (χ0) is 21.9. The lowest BCUT2D eigenvalue weighted by atomic mass is 10.1. The predicted molar refractivity (Wildman–Crippen MR) is 118 cm³/mol. The molecule has 7 nitrogen and oxygen atoms in total. The molecular weight excluding hydrogens is 424 g/mol. The quantitative estimate of drug-likeness (QED) is 0.594. The van der Waals surface area contributed by atoms with Crippen LogP contribution in [0.2, 0.25) is 5.02 Å². The summed E-state index contributed by atoms with van der Waals surface area (Å²) in [5, 5.41) is 6.35. The Balaban J connectivity index is 1.83. The Hall–Kier alpha value is -3.23. The maximum Gasteiger partial charge on any atom is 0.255 e. The van der Waals surface area contributed by atoms with E-state index in [9.17, 15) is 13.2 Å². The van der Waals surface area contributed by atoms with Gasteiger partial charge in [-0.2, -0.15) is 0 Å². The highest BCUT2D eigenvalue weighted by atomic mass is 35.5. The van der Waals surface area contributed by atoms with Gasteiger partial charge in [0.15, 0.2) is 9.84 Å². The minimum atomic E-state index is -3.35. The third-order valence-corrected chi connectivity index (χ3v) is 5.55. The number of nitrogens with one attached hydrogen (secondary N) is 2. The van der Waals surface area contributed by atoms with Crippen molar-refractivity contribution in [3.8, 4) is 0 Å². The summed E-state index contributed by atoms with van der Waals surface area (Å²) in [5.41, 5.74) is 2.22. The fourth-order valence-electron chi connectivity index (χ4n) is 2.72. The molecule has 0 spiro atoms. The van der Waals surface area contributed by atoms with Crippen molar-refractivity contribution in [3.63, 3.8) is 0 Å². The van der Waals surface area contributed by atoms with Crippen LogP contribution in [0, 0.1) is 6.92 Å². The summed E-state index contributed by atoms with van der Waals surface area (Å²) in [6.45, 7) is 5.66. The van der Waals surface area contributed by atoms with Gasteiger partial charge in [-0.25, -0.2) is 13.4 Å². The lowest BCUT2D eigenvalue weighted by Gasteiger charge is -2.14. The number of pyridine rings is 2. The molecule has 0 atom stereocenters. The van der Waals surface area contributed by atoms with Crippen molar-refractivity contribution in [2.45, 2.75) is 11.8 Å². The molecule has 1 aromatic carbocycles. The van der Waals surface area contributed by atoms with Gasteiger partial charge in [-0.1, -0.05) is 18.2 Å². The van der Waals surface area contributed by atoms with Crippen molar-refractivity contribution < 1.29 is 13.2 Å². The highest BCUT2D eigenvalue weighted by Crippen LogP contribution is 2.23. The Morgan fingerprint density at radius 1 is 1.10 bits per heavy atom. The molecule has 2 N–H and O–H groups in total. The Kier molecular flexibility index (Phi) is 6.19. The minimum Gasteiger partial charge on any atom is -0.339 e. The third-order valence-electron chi connectivity index (χ3n) is 4.22. The van der Waals surface area contributed by atoms with Crippen LogP contribution in [0.3, 0.4) is 0 Å². The molecule has 0 aliphatic heterocycles. The zero-order valence-corrected chi connectivity index (χ0v) is 17.9. The number of halogens is 1. The summed E-state index contributed by atoms with van der Waals surface area (Å²) >= 11 is 5.85. The fourth-order valence-corrected chi connectivity index (χ4v) is 3.54. The Labute approximate surface area is 179 Å². The number of anilines is 2. The summed E-state index contributed by atoms with van der Waals surface area (Å²) in [6, 6.07) is 11.1. The van der Waals surface area contributed by atoms with Gasteiger partial charge in [-0.05, 0) is 55.0 Å². The van der Waals surface area contributed by atoms with Crippen LogP contribution in [0.4, 0.5) is 11.5 Å². The maximum atomic E-state index is 12.8. The van der Waals surface area contributed by atoms with Crippen LogP contribution in [-0.2, 0) is 9.84 Å². The number of sulfone groups is 1. The molecule has 3 aromatic rings. The van der Waals surface area contributed by atoms with E-state index in [-0.39, 0.29) is 10.8 Å². The Bertz CT molecular complexity index is 1230. The molecule has 30 heavy (non-hydrogen) atoms. The van der Waals surface area contributed by atoms with E-state index >= 15 is 0 Å². The summed E-state index contributed by atoms with van der Waals surface area (Å²) < 4.78 is 23.4. The van der Waals surface area contributed by atoms with Gasteiger partial charge in [-0.15, -0.1) is 0 Å². The van der Waals surface area contributed by atoms with Gasteiger partial charge in [0.1, 0.15) is 11.5 Å². The Morgan fingerprint density at radius 3 is 2.50 bits per heavy atom. The third kappa shape index (κ3) is 5.03. The molecule has 0 aliphatic rings. The van der Waals surface area contributed by atoms with Crippen LogP contribution in [0.25, 0.3) is 5.70 Å². The van der Waals surface area contributed by atoms with E-state index in [0.29, 0.717) is 39.0 Å². The lowest BCUT2D eigenvalue weighted by molar-refractivity contribution is 0.102. The maximum absolute atomic E-state index is 12.8. The van der Waals surface area contributed by atoms with Crippen molar-refractivity contribution in [3.05, 3.63) is 83.3 Å². The number of carbonyl (C=O) groups excluding carboxylic acids is 1. The van der Waals surface area contributed by atoms with Gasteiger partial charge < -0.3 is 10.6 Å². The number of nitrogens with zero attached hydrogens (tertiary/aromatic N) is 2. The molecule has 0 aliphatic carbocycles. The number of benzene rings is 1. The van der Waals surface area contributed by atoms with Crippen molar-refractivity contribution in [2.24, 2.45) is 0 Å². The number of carbonyl (C=O) groups is 1. The number of hydrogen-bond acceptors (Lipinski definition) is 6. The van der Waals surface area contributed by atoms with E-state index in [0.717, 1.165) is 6.26 Å². The Morgan fingerprint density at radius 2 is 1.87 bits per heavy atom. The van der Waals surface area contributed by atoms with Gasteiger partial charge in [0.25, 0.3) is 5.91 Å². The molecule has 0 unspecified atom stereocenters. The van der Waals surface area contributed by atoms with Crippen molar-refractivity contribution in [1.29, 1.82) is 0 Å². The van der Waals surface area contributed by atoms with E-state index in [1.165, 1.54) is 24.4 Å². The van der Waals surface area contributed by atoms with Crippen LogP contribution in [0.15, 0.2) is 66.3 Å². The molecule has 2 heterocycles. The molecule has 0 saturated carbocycles. The van der Waals surface area contributed by atoms with E-state index in [2.05, 4.69) is 27.2 Å². The average Bonchev–Trinajstić information content (AvgIpc) is 2.69. The molecule has 2 aromatic heterocycles. The predicted octanol–water partition coefficient (Wildman–Crippen LogP) is 4.18. The van der Waals surface area contributed by atoms with Gasteiger partial charge in [0.05, 0.1) is 21.3 Å². The van der Waals surface area contributed by atoms with E-state index < -0.39 is 9.84 Å². The molecule has 0 saturated heterocycles. The summed E-state index contributed by atoms with van der Waals surface area (Å²) in [6.07, 6.45) is 4.21. The number of rotatable bonds is 6. The second kappa shape index (κ2) is 8.64. The first-order chi connectivity index (χ1) is 14.1. The lowest BCUT2D eigenvalue weighted by Crippen LogP contribution is -2.16. The summed E-state index contributed by atoms with van der Waals surface area (Å²) in [5.74, 6) is 0.138. The number of aromatic nitrogens is 2. The molecule has 0 fully saturated rings. The standard InChI is InChI=1S/C21H19ClN4O3S/c1-13-11-16(30(3,28)29)7-8-17(13)21(27)26-18-5-4-10-23-20(18)14(2)25-19-9-6-15(22)12-24-19/h4-12H,2H2,1,3H3,(H,24,25)(H,26,27). The van der Waals surface area contributed by atoms with Gasteiger partial charge in [0.2, 0.25) is 0 Å². The topological polar surface area (TPSA) is 101 Å². The number of aryl methyl sites for hydroxylation is 1. The van der Waals surface area contributed by atoms with Crippen LogP contribution < -0.4 is 10.6 Å². The van der Waals surface area contributed by atoms with Crippen molar-refractivity contribution in [1.82, 2.24) is 9.97 Å². The molecular formula is C21H19ClN4O3S. The average molecular weight is 443 g/mol. The van der Waals surface area contributed by atoms with Crippen molar-refractivity contribution >= 4 is 44.5 Å². The van der Waals surface area contributed by atoms with E-state index in [4.69, 9.17) is 11.6 Å². The second-order valence-electron chi connectivity index (χ2n) is 6.57. The monoisotopic (exact) mass is 442 g/mol. The second-order valence-corrected chi connectivity index (χ2v) is 9.02. The molecule has 9 heteroatoms. The van der Waals surface area contributed by atoms with Crippen LogP contribution in [-0.4, -0.2) is 30.5 Å². The molecule has 0 bridgehead atoms. The van der Waals surface area contributed by atoms with Crippen LogP contribution in [0.5, 0.6) is 0 Å². The molecule has 3 rings (SSSR count). The van der Waals surface area contributed by atoms with Crippen LogP contribution >= 0.6 is 11.6 Å².